The van der Waals surface area contributed by atoms with Crippen molar-refractivity contribution in [3.05, 3.63) is 155 Å². The van der Waals surface area contributed by atoms with Crippen molar-refractivity contribution in [2.45, 2.75) is 39.8 Å². The molecular formula is C36H36Cl2SiZr-2. The molecular weight excluding hydrogens is 623 g/mol. The zero-order valence-electron chi connectivity index (χ0n) is 23.7. The third kappa shape index (κ3) is 8.89. The van der Waals surface area contributed by atoms with Gasteiger partial charge in [-0.2, -0.15) is 12.1 Å². The van der Waals surface area contributed by atoms with Crippen LogP contribution in [0.15, 0.2) is 121 Å². The van der Waals surface area contributed by atoms with Crippen molar-refractivity contribution in [3.63, 3.8) is 0 Å². The predicted octanol–water partition coefficient (Wildman–Crippen LogP) is 11.1. The van der Waals surface area contributed by atoms with Crippen LogP contribution < -0.4 is 0 Å². The van der Waals surface area contributed by atoms with Crippen LogP contribution in [0, 0.1) is 13.8 Å². The smallest absolute Gasteiger partial charge is 0.0115 e. The molecule has 0 N–H and O–H groups in total. The van der Waals surface area contributed by atoms with Crippen molar-refractivity contribution >= 4 is 44.0 Å². The van der Waals surface area contributed by atoms with E-state index in [0.29, 0.717) is 0 Å². The first-order chi connectivity index (χ1) is 19.3. The van der Waals surface area contributed by atoms with Gasteiger partial charge in [0.1, 0.15) is 0 Å². The molecule has 204 valence electrons. The summed E-state index contributed by atoms with van der Waals surface area (Å²) < 4.78 is 0. The van der Waals surface area contributed by atoms with Crippen LogP contribution in [0.2, 0.25) is 13.1 Å². The van der Waals surface area contributed by atoms with Crippen molar-refractivity contribution in [1.29, 1.82) is 0 Å². The van der Waals surface area contributed by atoms with E-state index in [-0.39, 0.29) is 5.43 Å². The van der Waals surface area contributed by atoms with E-state index in [1.54, 1.807) is 0 Å². The normalized spacial score (nSPS) is 10.4. The zero-order valence-corrected chi connectivity index (χ0v) is 28.7. The maximum atomic E-state index is 5.62. The van der Waals surface area contributed by atoms with E-state index >= 15 is 0 Å². The summed E-state index contributed by atoms with van der Waals surface area (Å²) in [5.41, 5.74) is 8.06. The van der Waals surface area contributed by atoms with Crippen molar-refractivity contribution in [2.24, 2.45) is 0 Å². The van der Waals surface area contributed by atoms with Crippen LogP contribution in [0.3, 0.4) is 0 Å². The Hall–Kier alpha value is -2.22. The number of halogens is 2. The SMILES string of the molecule is C[Si](C)=[Zr]([Cl])[Cl].Cc1cc2c(Cc3ccccc3)cccc2[cH-]1.Cc1cc2c(Cc3ccccc3)cccc2[cH-]1. The minimum atomic E-state index is -1.65. The molecule has 0 bridgehead atoms. The van der Waals surface area contributed by atoms with E-state index < -0.39 is 18.0 Å². The molecule has 0 nitrogen and oxygen atoms in total. The minimum Gasteiger partial charge on any atom is -0.165 e. The van der Waals surface area contributed by atoms with Gasteiger partial charge in [-0.25, -0.2) is 0 Å². The summed E-state index contributed by atoms with van der Waals surface area (Å²) in [4.78, 5) is 0. The molecule has 40 heavy (non-hydrogen) atoms. The average Bonchev–Trinajstić information content (AvgIpc) is 3.53. The number of aryl methyl sites for hydroxylation is 2. The molecule has 0 aliphatic carbocycles. The fourth-order valence-corrected chi connectivity index (χ4v) is 4.84. The molecule has 0 spiro atoms. The fraction of sp³-hybridized carbons (Fsp3) is 0.167. The number of rotatable bonds is 4. The molecule has 0 saturated heterocycles. The Morgan fingerprint density at radius 1 is 0.575 bits per heavy atom. The van der Waals surface area contributed by atoms with Gasteiger partial charge in [-0.1, -0.05) is 97.8 Å². The quantitative estimate of drug-likeness (QED) is 0.131. The van der Waals surface area contributed by atoms with Gasteiger partial charge in [-0.3, -0.25) is 0 Å². The first-order valence-corrected chi connectivity index (χ1v) is 26.2. The molecule has 0 saturated carbocycles. The van der Waals surface area contributed by atoms with E-state index in [0.717, 1.165) is 12.8 Å². The largest absolute Gasteiger partial charge is 0.165 e. The fourth-order valence-electron chi connectivity index (χ4n) is 4.84. The molecule has 4 heteroatoms. The Balaban J connectivity index is 0.000000155. The van der Waals surface area contributed by atoms with Crippen molar-refractivity contribution in [2.75, 3.05) is 0 Å². The molecule has 0 atom stereocenters. The van der Waals surface area contributed by atoms with Gasteiger partial charge < -0.3 is 0 Å². The Labute approximate surface area is 254 Å². The van der Waals surface area contributed by atoms with E-state index in [1.165, 1.54) is 54.9 Å². The first-order valence-electron chi connectivity index (χ1n) is 13.7. The molecule has 0 aliphatic heterocycles. The third-order valence-corrected chi connectivity index (χ3v) is 26.6. The van der Waals surface area contributed by atoms with Gasteiger partial charge in [0.05, 0.1) is 0 Å². The van der Waals surface area contributed by atoms with E-state index in [1.807, 2.05) is 0 Å². The van der Waals surface area contributed by atoms with Crippen molar-refractivity contribution in [3.8, 4) is 0 Å². The summed E-state index contributed by atoms with van der Waals surface area (Å²) in [6.07, 6.45) is 2.03. The predicted molar refractivity (Wildman–Crippen MR) is 176 cm³/mol. The molecule has 0 amide bonds. The van der Waals surface area contributed by atoms with Gasteiger partial charge in [0.2, 0.25) is 0 Å². The standard InChI is InChI=1S/2C17H15.C2H6Si.2ClH.Zr/c2*1-13-10-15-8-5-9-16(17(15)11-13)12-14-6-3-2-4-7-14;1-3-2;;;/h2*2-11H,12H2,1H3;1-2H3;2*1H;/q2*-1;;;;+2/p-2. The van der Waals surface area contributed by atoms with Gasteiger partial charge >= 0.3 is 53.5 Å². The summed E-state index contributed by atoms with van der Waals surface area (Å²) >= 11 is -1.65. The Bertz CT molecular complexity index is 1560. The minimum absolute atomic E-state index is 0.224. The van der Waals surface area contributed by atoms with E-state index in [4.69, 9.17) is 17.0 Å². The maximum absolute atomic E-state index is 5.62. The first kappa shape index (κ1) is 30.7. The second kappa shape index (κ2) is 15.1. The van der Waals surface area contributed by atoms with Crippen molar-refractivity contribution in [1.82, 2.24) is 0 Å². The summed E-state index contributed by atoms with van der Waals surface area (Å²) in [6.45, 7) is 8.65. The topological polar surface area (TPSA) is 0 Å². The molecule has 0 unspecified atom stereocenters. The molecule has 0 aromatic heterocycles. The van der Waals surface area contributed by atoms with Crippen LogP contribution in [0.1, 0.15) is 33.4 Å². The van der Waals surface area contributed by atoms with Gasteiger partial charge in [0.25, 0.3) is 0 Å². The summed E-state index contributed by atoms with van der Waals surface area (Å²) in [6, 6.07) is 43.5. The van der Waals surface area contributed by atoms with E-state index in [2.05, 4.69) is 148 Å². The monoisotopic (exact) mass is 656 g/mol. The maximum Gasteiger partial charge on any atom is -0.0115 e. The third-order valence-electron chi connectivity index (χ3n) is 6.82. The summed E-state index contributed by atoms with van der Waals surface area (Å²) in [5.74, 6) is 0. The second-order valence-corrected chi connectivity index (χ2v) is 33.5. The van der Waals surface area contributed by atoms with Gasteiger partial charge in [0, 0.05) is 0 Å². The molecule has 0 heterocycles. The summed E-state index contributed by atoms with van der Waals surface area (Å²) in [7, 11) is 11.2. The molecule has 0 fully saturated rings. The number of fused-ring (bicyclic) bond motifs is 2. The number of hydrogen-bond donors (Lipinski definition) is 0. The average molecular weight is 659 g/mol. The zero-order chi connectivity index (χ0) is 28.5. The van der Waals surface area contributed by atoms with Crippen LogP contribution in [-0.4, -0.2) is 5.43 Å². The molecule has 6 rings (SSSR count). The van der Waals surface area contributed by atoms with Crippen LogP contribution in [0.4, 0.5) is 0 Å². The van der Waals surface area contributed by atoms with Crippen LogP contribution in [0.5, 0.6) is 0 Å². The Kier molecular flexibility index (Phi) is 11.6. The van der Waals surface area contributed by atoms with Crippen LogP contribution in [0.25, 0.3) is 21.5 Å². The molecule has 6 aromatic rings. The van der Waals surface area contributed by atoms with Crippen LogP contribution >= 0.6 is 17.0 Å². The van der Waals surface area contributed by atoms with Crippen LogP contribution in [-0.2, 0) is 30.8 Å². The Morgan fingerprint density at radius 3 is 1.30 bits per heavy atom. The second-order valence-electron chi connectivity index (χ2n) is 10.5. The molecule has 0 aliphatic rings. The summed E-state index contributed by atoms with van der Waals surface area (Å²) in [5, 5.41) is 5.51. The molecule has 6 aromatic carbocycles. The van der Waals surface area contributed by atoms with Gasteiger partial charge in [0.15, 0.2) is 0 Å². The number of hydrogen-bond acceptors (Lipinski definition) is 0. The van der Waals surface area contributed by atoms with Gasteiger partial charge in [-0.15, -0.1) is 69.1 Å². The van der Waals surface area contributed by atoms with Gasteiger partial charge in [-0.05, 0) is 24.0 Å². The van der Waals surface area contributed by atoms with Crippen molar-refractivity contribution < 1.29 is 18.0 Å². The Morgan fingerprint density at radius 2 is 0.950 bits per heavy atom. The van der Waals surface area contributed by atoms with E-state index in [9.17, 15) is 0 Å². The number of benzene rings is 4. The molecule has 0 radical (unpaired) electrons.